The van der Waals surface area contributed by atoms with Crippen molar-refractivity contribution in [3.8, 4) is 10.4 Å². The summed E-state index contributed by atoms with van der Waals surface area (Å²) < 4.78 is 0. The number of likely N-dealkylation sites (tertiary alicyclic amines) is 1. The third-order valence-electron chi connectivity index (χ3n) is 6.74. The Kier molecular flexibility index (Phi) is 8.86. The maximum absolute atomic E-state index is 13.4. The van der Waals surface area contributed by atoms with Gasteiger partial charge in [0.15, 0.2) is 0 Å². The largest absolute Gasteiger partial charge is 0.391 e. The Morgan fingerprint density at radius 2 is 1.84 bits per heavy atom. The van der Waals surface area contributed by atoms with E-state index in [1.54, 1.807) is 12.6 Å². The van der Waals surface area contributed by atoms with Gasteiger partial charge in [0, 0.05) is 32.4 Å². The summed E-state index contributed by atoms with van der Waals surface area (Å²) in [6.45, 7) is 9.06. The van der Waals surface area contributed by atoms with Crippen molar-refractivity contribution in [3.05, 3.63) is 41.0 Å². The fourth-order valence-corrected chi connectivity index (χ4v) is 5.40. The van der Waals surface area contributed by atoms with Crippen LogP contribution < -0.4 is 10.6 Å². The summed E-state index contributed by atoms with van der Waals surface area (Å²) in [6.07, 6.45) is -0.567. The Hall–Kier alpha value is -3.11. The molecule has 10 heteroatoms. The number of hydrogen-bond acceptors (Lipinski definition) is 7. The average molecular weight is 529 g/mol. The molecular weight excluding hydrogens is 492 g/mol. The zero-order valence-electron chi connectivity index (χ0n) is 22.2. The number of aromatic nitrogens is 1. The van der Waals surface area contributed by atoms with Crippen LogP contribution in [0, 0.1) is 11.3 Å². The molecule has 1 saturated heterocycles. The van der Waals surface area contributed by atoms with Crippen LogP contribution >= 0.6 is 11.3 Å². The van der Waals surface area contributed by atoms with Gasteiger partial charge in [0.1, 0.15) is 17.5 Å². The Bertz CT molecular complexity index is 1150. The monoisotopic (exact) mass is 528 g/mol. The molecule has 0 saturated carbocycles. The predicted molar refractivity (Wildman–Crippen MR) is 142 cm³/mol. The van der Waals surface area contributed by atoms with Gasteiger partial charge in [-0.05, 0) is 30.4 Å². The van der Waals surface area contributed by atoms with Crippen LogP contribution in [0.2, 0.25) is 0 Å². The Labute approximate surface area is 221 Å². The van der Waals surface area contributed by atoms with Gasteiger partial charge in [-0.15, -0.1) is 11.3 Å². The molecule has 0 spiro atoms. The minimum atomic E-state index is -0.812. The van der Waals surface area contributed by atoms with E-state index in [-0.39, 0.29) is 48.9 Å². The number of aliphatic hydroxyl groups is 1. The molecule has 3 amide bonds. The summed E-state index contributed by atoms with van der Waals surface area (Å²) in [5.41, 5.74) is 3.22. The molecule has 0 aliphatic carbocycles. The van der Waals surface area contributed by atoms with Crippen molar-refractivity contribution < 1.29 is 24.3 Å². The second kappa shape index (κ2) is 11.5. The first-order chi connectivity index (χ1) is 17.3. The van der Waals surface area contributed by atoms with E-state index in [4.69, 9.17) is 0 Å². The van der Waals surface area contributed by atoms with Crippen LogP contribution in [0.1, 0.15) is 69.6 Å². The molecule has 0 unspecified atom stereocenters. The summed E-state index contributed by atoms with van der Waals surface area (Å²) in [7, 11) is 1.56. The quantitative estimate of drug-likeness (QED) is 0.483. The zero-order chi connectivity index (χ0) is 27.5. The van der Waals surface area contributed by atoms with Crippen molar-refractivity contribution in [3.63, 3.8) is 0 Å². The fraction of sp³-hybridized carbons (Fsp3) is 0.519. The van der Waals surface area contributed by atoms with E-state index < -0.39 is 23.5 Å². The van der Waals surface area contributed by atoms with Crippen molar-refractivity contribution in [1.82, 2.24) is 20.5 Å². The van der Waals surface area contributed by atoms with Gasteiger partial charge in [0.25, 0.3) is 5.91 Å². The molecule has 0 radical (unpaired) electrons. The number of carbonyl (C=O) groups is 4. The number of rotatable bonds is 8. The molecule has 1 aromatic carbocycles. The molecule has 1 fully saturated rings. The van der Waals surface area contributed by atoms with Crippen molar-refractivity contribution in [2.24, 2.45) is 11.3 Å². The van der Waals surface area contributed by atoms with Gasteiger partial charge in [-0.3, -0.25) is 14.4 Å². The lowest BCUT2D eigenvalue weighted by Crippen LogP contribution is -2.50. The van der Waals surface area contributed by atoms with Crippen LogP contribution in [0.3, 0.4) is 0 Å². The van der Waals surface area contributed by atoms with Crippen LogP contribution in [-0.4, -0.2) is 64.2 Å². The highest BCUT2D eigenvalue weighted by Gasteiger charge is 2.44. The second-order valence-electron chi connectivity index (χ2n) is 10.7. The van der Waals surface area contributed by atoms with Crippen LogP contribution in [0.25, 0.3) is 10.4 Å². The zero-order valence-corrected chi connectivity index (χ0v) is 23.0. The maximum Gasteiger partial charge on any atom is 0.271 e. The first kappa shape index (κ1) is 28.5. The minimum absolute atomic E-state index is 0.0625. The number of ketones is 1. The van der Waals surface area contributed by atoms with Gasteiger partial charge in [-0.25, -0.2) is 4.98 Å². The molecule has 4 atom stereocenters. The Morgan fingerprint density at radius 1 is 1.19 bits per heavy atom. The molecule has 0 bridgehead atoms. The van der Waals surface area contributed by atoms with Gasteiger partial charge < -0.3 is 25.4 Å². The molecule has 200 valence electrons. The average Bonchev–Trinajstić information content (AvgIpc) is 3.48. The second-order valence-corrected chi connectivity index (χ2v) is 11.5. The topological polar surface area (TPSA) is 129 Å². The third kappa shape index (κ3) is 6.61. The lowest BCUT2D eigenvalue weighted by atomic mass is 9.77. The van der Waals surface area contributed by atoms with Crippen molar-refractivity contribution >= 4 is 34.8 Å². The van der Waals surface area contributed by atoms with E-state index in [2.05, 4.69) is 15.6 Å². The SMILES string of the molecule is CNC(=O)c1ncsc1-c1ccc([C@H](C)NC(=O)[C@@H]2C[C@@H](O)CN2C(=O)[C@@H](CC(C)=O)C(C)(C)C)cc1. The molecule has 37 heavy (non-hydrogen) atoms. The summed E-state index contributed by atoms with van der Waals surface area (Å²) in [5.74, 6) is -1.56. The first-order valence-electron chi connectivity index (χ1n) is 12.4. The summed E-state index contributed by atoms with van der Waals surface area (Å²) in [4.78, 5) is 56.9. The Balaban J connectivity index is 1.73. The number of benzene rings is 1. The predicted octanol–water partition coefficient (Wildman–Crippen LogP) is 2.95. The van der Waals surface area contributed by atoms with E-state index in [0.717, 1.165) is 16.0 Å². The highest BCUT2D eigenvalue weighted by atomic mass is 32.1. The minimum Gasteiger partial charge on any atom is -0.391 e. The van der Waals surface area contributed by atoms with Crippen LogP contribution in [0.15, 0.2) is 29.8 Å². The number of hydrogen-bond donors (Lipinski definition) is 3. The lowest BCUT2D eigenvalue weighted by molar-refractivity contribution is -0.146. The number of aliphatic hydroxyl groups excluding tert-OH is 1. The highest BCUT2D eigenvalue weighted by Crippen LogP contribution is 2.34. The number of thiazole rings is 1. The van der Waals surface area contributed by atoms with Crippen LogP contribution in [0.5, 0.6) is 0 Å². The smallest absolute Gasteiger partial charge is 0.271 e. The number of nitrogens with zero attached hydrogens (tertiary/aromatic N) is 2. The summed E-state index contributed by atoms with van der Waals surface area (Å²) in [5, 5.41) is 15.9. The van der Waals surface area contributed by atoms with Crippen molar-refractivity contribution in [2.45, 2.75) is 65.6 Å². The molecule has 2 heterocycles. The number of β-amino-alcohol motifs (C(OH)–C–C–N with tert-alkyl or cyclic N) is 1. The summed E-state index contributed by atoms with van der Waals surface area (Å²) >= 11 is 1.37. The van der Waals surface area contributed by atoms with E-state index in [9.17, 15) is 24.3 Å². The molecular formula is C27H36N4O5S. The number of carbonyl (C=O) groups excluding carboxylic acids is 4. The third-order valence-corrected chi connectivity index (χ3v) is 7.62. The maximum atomic E-state index is 13.4. The van der Waals surface area contributed by atoms with Gasteiger partial charge >= 0.3 is 0 Å². The van der Waals surface area contributed by atoms with Crippen molar-refractivity contribution in [2.75, 3.05) is 13.6 Å². The van der Waals surface area contributed by atoms with Gasteiger partial charge in [-0.2, -0.15) is 0 Å². The standard InChI is InChI=1S/C27H36N4O5S/c1-15(32)11-20(27(3,4)5)26(36)31-13-19(33)12-21(31)24(34)30-16(2)17-7-9-18(10-8-17)23-22(25(35)28-6)29-14-37-23/h7-10,14,16,19-21,33H,11-13H2,1-6H3,(H,28,35)(H,30,34)/t16-,19+,20+,21-/m0/s1. The molecule has 9 nitrogen and oxygen atoms in total. The van der Waals surface area contributed by atoms with Gasteiger partial charge in [0.2, 0.25) is 11.8 Å². The van der Waals surface area contributed by atoms with Crippen molar-refractivity contribution in [1.29, 1.82) is 0 Å². The molecule has 1 aromatic heterocycles. The van der Waals surface area contributed by atoms with E-state index >= 15 is 0 Å². The Morgan fingerprint density at radius 3 is 2.41 bits per heavy atom. The summed E-state index contributed by atoms with van der Waals surface area (Å²) in [6, 6.07) is 6.34. The molecule has 3 rings (SSSR count). The fourth-order valence-electron chi connectivity index (χ4n) is 4.60. The van der Waals surface area contributed by atoms with Gasteiger partial charge in [-0.1, -0.05) is 45.0 Å². The number of Topliss-reactive ketones (excluding diaryl/α,β-unsaturated/α-hetero) is 1. The first-order valence-corrected chi connectivity index (χ1v) is 13.3. The lowest BCUT2D eigenvalue weighted by Gasteiger charge is -2.34. The van der Waals surface area contributed by atoms with E-state index in [0.29, 0.717) is 5.69 Å². The van der Waals surface area contributed by atoms with E-state index in [1.165, 1.54) is 23.2 Å². The highest BCUT2D eigenvalue weighted by molar-refractivity contribution is 7.13. The van der Waals surface area contributed by atoms with E-state index in [1.807, 2.05) is 52.0 Å². The number of nitrogens with one attached hydrogen (secondary N) is 2. The number of amides is 3. The molecule has 3 N–H and O–H groups in total. The normalized spacial score (nSPS) is 19.3. The molecule has 1 aliphatic rings. The van der Waals surface area contributed by atoms with Crippen LogP contribution in [-0.2, 0) is 14.4 Å². The molecule has 1 aliphatic heterocycles. The van der Waals surface area contributed by atoms with Gasteiger partial charge in [0.05, 0.1) is 22.5 Å². The molecule has 2 aromatic rings. The van der Waals surface area contributed by atoms with Crippen LogP contribution in [0.4, 0.5) is 0 Å².